The maximum atomic E-state index is 11.1. The average Bonchev–Trinajstić information content (AvgIpc) is 2.74. The van der Waals surface area contributed by atoms with Crippen LogP contribution in [0.1, 0.15) is 29.6 Å². The van der Waals surface area contributed by atoms with Gasteiger partial charge in [0.25, 0.3) is 0 Å². The second-order valence-electron chi connectivity index (χ2n) is 4.29. The Morgan fingerprint density at radius 2 is 2.28 bits per heavy atom. The van der Waals surface area contributed by atoms with Crippen LogP contribution in [0, 0.1) is 0 Å². The number of thiazole rings is 1. The van der Waals surface area contributed by atoms with Crippen LogP contribution < -0.4 is 5.73 Å². The Morgan fingerprint density at radius 3 is 2.89 bits per heavy atom. The molecule has 0 saturated heterocycles. The highest BCUT2D eigenvalue weighted by atomic mass is 32.2. The van der Waals surface area contributed by atoms with E-state index in [1.807, 2.05) is 5.38 Å². The van der Waals surface area contributed by atoms with E-state index in [-0.39, 0.29) is 11.8 Å². The Morgan fingerprint density at radius 1 is 1.56 bits per heavy atom. The van der Waals surface area contributed by atoms with Crippen molar-refractivity contribution in [2.75, 3.05) is 25.7 Å². The van der Waals surface area contributed by atoms with Gasteiger partial charge in [-0.05, 0) is 12.8 Å². The molecule has 0 fully saturated rings. The van der Waals surface area contributed by atoms with E-state index >= 15 is 0 Å². The topological polar surface area (TPSA) is 82.3 Å². The number of hydrogen-bond acceptors (Lipinski definition) is 6. The average molecular weight is 292 g/mol. The number of nitrogens with two attached hydrogens (primary N) is 1. The highest BCUT2D eigenvalue weighted by Crippen LogP contribution is 2.19. The predicted molar refractivity (Wildman–Crippen MR) is 73.6 cm³/mol. The fourth-order valence-electron chi connectivity index (χ4n) is 1.47. The van der Waals surface area contributed by atoms with Gasteiger partial charge in [0.05, 0.1) is 16.5 Å². The molecule has 1 aromatic heterocycles. The Balaban J connectivity index is 2.46. The van der Waals surface area contributed by atoms with Crippen LogP contribution in [-0.4, -0.2) is 39.1 Å². The molecule has 0 radical (unpaired) electrons. The quantitative estimate of drug-likeness (QED) is 0.727. The second-order valence-corrected chi connectivity index (χ2v) is 7.49. The zero-order valence-corrected chi connectivity index (χ0v) is 12.4. The van der Waals surface area contributed by atoms with E-state index in [0.29, 0.717) is 6.42 Å². The van der Waals surface area contributed by atoms with Gasteiger partial charge in [-0.25, -0.2) is 13.4 Å². The minimum Gasteiger partial charge on any atom is -0.385 e. The number of nitrogens with zero attached hydrogens (tertiary/aromatic N) is 1. The van der Waals surface area contributed by atoms with Crippen molar-refractivity contribution in [2.24, 2.45) is 5.73 Å². The number of ether oxygens (including phenoxy) is 1. The van der Waals surface area contributed by atoms with Crippen LogP contribution in [0.5, 0.6) is 0 Å². The molecule has 1 atom stereocenters. The molecule has 0 aliphatic rings. The first-order chi connectivity index (χ1) is 8.42. The summed E-state index contributed by atoms with van der Waals surface area (Å²) in [6.45, 7) is 0.717. The van der Waals surface area contributed by atoms with Gasteiger partial charge in [-0.1, -0.05) is 0 Å². The summed E-state index contributed by atoms with van der Waals surface area (Å²) in [6, 6.07) is -0.299. The van der Waals surface area contributed by atoms with E-state index in [0.717, 1.165) is 30.2 Å². The molecule has 0 amide bonds. The summed E-state index contributed by atoms with van der Waals surface area (Å²) in [4.78, 5) is 4.43. The van der Waals surface area contributed by atoms with Gasteiger partial charge in [-0.3, -0.25) is 0 Å². The SMILES string of the molecule is COCCCc1nc(C(N)CCS(C)(=O)=O)cs1. The third kappa shape index (κ3) is 5.90. The van der Waals surface area contributed by atoms with Gasteiger partial charge < -0.3 is 10.5 Å². The van der Waals surface area contributed by atoms with Crippen LogP contribution in [0.4, 0.5) is 0 Å². The first-order valence-electron chi connectivity index (χ1n) is 5.79. The lowest BCUT2D eigenvalue weighted by Crippen LogP contribution is -2.16. The van der Waals surface area contributed by atoms with E-state index in [9.17, 15) is 8.42 Å². The molecule has 0 saturated carbocycles. The van der Waals surface area contributed by atoms with Gasteiger partial charge in [0.2, 0.25) is 0 Å². The molecule has 0 bridgehead atoms. The van der Waals surface area contributed by atoms with Crippen LogP contribution in [-0.2, 0) is 21.0 Å². The second kappa shape index (κ2) is 7.18. The minimum absolute atomic E-state index is 0.102. The van der Waals surface area contributed by atoms with Gasteiger partial charge >= 0.3 is 0 Å². The molecule has 1 unspecified atom stereocenters. The Hall–Kier alpha value is -0.500. The monoisotopic (exact) mass is 292 g/mol. The number of aromatic nitrogens is 1. The van der Waals surface area contributed by atoms with E-state index in [1.54, 1.807) is 18.4 Å². The summed E-state index contributed by atoms with van der Waals surface area (Å²) < 4.78 is 27.1. The Bertz CT molecular complexity index is 457. The first kappa shape index (κ1) is 15.6. The summed E-state index contributed by atoms with van der Waals surface area (Å²) in [5, 5.41) is 2.94. The van der Waals surface area contributed by atoms with Crippen LogP contribution in [0.15, 0.2) is 5.38 Å². The molecule has 1 heterocycles. The highest BCUT2D eigenvalue weighted by Gasteiger charge is 2.13. The molecule has 0 aliphatic carbocycles. The van der Waals surface area contributed by atoms with Crippen LogP contribution >= 0.6 is 11.3 Å². The molecule has 18 heavy (non-hydrogen) atoms. The van der Waals surface area contributed by atoms with Gasteiger partial charge in [0.1, 0.15) is 9.84 Å². The number of rotatable bonds is 8. The summed E-state index contributed by atoms with van der Waals surface area (Å²) in [6.07, 6.45) is 3.44. The van der Waals surface area contributed by atoms with E-state index in [2.05, 4.69) is 4.98 Å². The molecule has 0 aromatic carbocycles. The zero-order valence-electron chi connectivity index (χ0n) is 10.8. The molecule has 2 N–H and O–H groups in total. The summed E-state index contributed by atoms with van der Waals surface area (Å²) in [5.74, 6) is 0.102. The lowest BCUT2D eigenvalue weighted by atomic mass is 10.2. The van der Waals surface area contributed by atoms with Crippen molar-refractivity contribution in [1.29, 1.82) is 0 Å². The minimum atomic E-state index is -2.96. The van der Waals surface area contributed by atoms with Crippen molar-refractivity contribution in [2.45, 2.75) is 25.3 Å². The number of methoxy groups -OCH3 is 1. The molecule has 5 nitrogen and oxygen atoms in total. The summed E-state index contributed by atoms with van der Waals surface area (Å²) in [5.41, 5.74) is 6.71. The third-order valence-corrected chi connectivity index (χ3v) is 4.39. The predicted octanol–water partition coefficient (Wildman–Crippen LogP) is 1.16. The van der Waals surface area contributed by atoms with E-state index < -0.39 is 9.84 Å². The maximum Gasteiger partial charge on any atom is 0.147 e. The molecule has 0 aliphatic heterocycles. The molecule has 1 rings (SSSR count). The lowest BCUT2D eigenvalue weighted by Gasteiger charge is -2.07. The summed E-state index contributed by atoms with van der Waals surface area (Å²) >= 11 is 1.57. The molecular formula is C11H20N2O3S2. The number of sulfone groups is 1. The Kier molecular flexibility index (Phi) is 6.20. The van der Waals surface area contributed by atoms with Crippen molar-refractivity contribution in [3.8, 4) is 0 Å². The summed E-state index contributed by atoms with van der Waals surface area (Å²) in [7, 11) is -1.28. The first-order valence-corrected chi connectivity index (χ1v) is 8.73. The largest absolute Gasteiger partial charge is 0.385 e. The van der Waals surface area contributed by atoms with Crippen molar-refractivity contribution in [1.82, 2.24) is 4.98 Å². The normalized spacial score (nSPS) is 13.7. The maximum absolute atomic E-state index is 11.1. The number of hydrogen-bond donors (Lipinski definition) is 1. The van der Waals surface area contributed by atoms with Crippen molar-refractivity contribution < 1.29 is 13.2 Å². The Labute approximate surface area is 112 Å². The van der Waals surface area contributed by atoms with E-state index in [4.69, 9.17) is 10.5 Å². The smallest absolute Gasteiger partial charge is 0.147 e. The third-order valence-electron chi connectivity index (χ3n) is 2.49. The van der Waals surface area contributed by atoms with Gasteiger partial charge in [-0.2, -0.15) is 0 Å². The molecule has 104 valence electrons. The molecular weight excluding hydrogens is 272 g/mol. The van der Waals surface area contributed by atoms with Crippen molar-refractivity contribution in [3.63, 3.8) is 0 Å². The molecule has 7 heteroatoms. The highest BCUT2D eigenvalue weighted by molar-refractivity contribution is 7.90. The molecule has 1 aromatic rings. The zero-order chi connectivity index (χ0) is 13.6. The van der Waals surface area contributed by atoms with Gasteiger partial charge in [0, 0.05) is 37.8 Å². The van der Waals surface area contributed by atoms with Gasteiger partial charge in [-0.15, -0.1) is 11.3 Å². The van der Waals surface area contributed by atoms with Crippen LogP contribution in [0.3, 0.4) is 0 Å². The van der Waals surface area contributed by atoms with Crippen LogP contribution in [0.2, 0.25) is 0 Å². The lowest BCUT2D eigenvalue weighted by molar-refractivity contribution is 0.195. The van der Waals surface area contributed by atoms with Crippen molar-refractivity contribution in [3.05, 3.63) is 16.1 Å². The molecule has 0 spiro atoms. The van der Waals surface area contributed by atoms with Crippen LogP contribution in [0.25, 0.3) is 0 Å². The van der Waals surface area contributed by atoms with E-state index in [1.165, 1.54) is 6.26 Å². The standard InChI is InChI=1S/C11H20N2O3S2/c1-16-6-3-4-11-13-10(8-17-11)9(12)5-7-18(2,14)15/h8-9H,3-7,12H2,1-2H3. The fourth-order valence-corrected chi connectivity index (χ4v) is 3.05. The number of aryl methyl sites for hydroxylation is 1. The van der Waals surface area contributed by atoms with Crippen molar-refractivity contribution >= 4 is 21.2 Å². The van der Waals surface area contributed by atoms with Gasteiger partial charge in [0.15, 0.2) is 0 Å². The fraction of sp³-hybridized carbons (Fsp3) is 0.727.